The van der Waals surface area contributed by atoms with Crippen molar-refractivity contribution in [1.82, 2.24) is 0 Å². The smallest absolute Gasteiger partial charge is 0.240 e. The van der Waals surface area contributed by atoms with Crippen molar-refractivity contribution in [3.63, 3.8) is 0 Å². The normalized spacial score (nSPS) is 16.4. The van der Waals surface area contributed by atoms with Gasteiger partial charge in [0.05, 0.1) is 6.04 Å². The molecule has 1 aliphatic heterocycles. The molecule has 0 radical (unpaired) electrons. The van der Waals surface area contributed by atoms with E-state index in [0.29, 0.717) is 0 Å². The SMILES string of the molecule is CC1CCN(c2cccc(NC(=O)[C@@H](C)N)c2)CC1.Cl.Cl. The maximum atomic E-state index is 11.6. The number of hydrogen-bond donors (Lipinski definition) is 2. The van der Waals surface area contributed by atoms with Crippen molar-refractivity contribution in [1.29, 1.82) is 0 Å². The van der Waals surface area contributed by atoms with E-state index in [0.717, 1.165) is 24.7 Å². The number of piperidine rings is 1. The topological polar surface area (TPSA) is 58.4 Å². The van der Waals surface area contributed by atoms with Crippen LogP contribution in [-0.4, -0.2) is 25.0 Å². The van der Waals surface area contributed by atoms with Gasteiger partial charge >= 0.3 is 0 Å². The highest BCUT2D eigenvalue weighted by Crippen LogP contribution is 2.25. The number of nitrogens with zero attached hydrogens (tertiary/aromatic N) is 1. The number of benzene rings is 1. The lowest BCUT2D eigenvalue weighted by Crippen LogP contribution is -2.33. The van der Waals surface area contributed by atoms with Gasteiger partial charge < -0.3 is 16.0 Å². The molecule has 1 aromatic carbocycles. The van der Waals surface area contributed by atoms with E-state index in [9.17, 15) is 4.79 Å². The molecule has 0 unspecified atom stereocenters. The predicted molar refractivity (Wildman–Crippen MR) is 93.8 cm³/mol. The minimum Gasteiger partial charge on any atom is -0.371 e. The predicted octanol–water partition coefficient (Wildman–Crippen LogP) is 3.05. The number of hydrogen-bond acceptors (Lipinski definition) is 3. The molecule has 21 heavy (non-hydrogen) atoms. The minimum absolute atomic E-state index is 0. The summed E-state index contributed by atoms with van der Waals surface area (Å²) in [4.78, 5) is 14.0. The van der Waals surface area contributed by atoms with Gasteiger partial charge in [0.25, 0.3) is 0 Å². The molecule has 0 saturated carbocycles. The monoisotopic (exact) mass is 333 g/mol. The minimum atomic E-state index is -0.487. The number of nitrogens with two attached hydrogens (primary N) is 1. The Morgan fingerprint density at radius 2 is 1.95 bits per heavy atom. The van der Waals surface area contributed by atoms with Crippen LogP contribution in [0.5, 0.6) is 0 Å². The molecule has 1 heterocycles. The third-order valence-electron chi connectivity index (χ3n) is 3.68. The first-order chi connectivity index (χ1) is 9.06. The van der Waals surface area contributed by atoms with Gasteiger partial charge in [0, 0.05) is 24.5 Å². The summed E-state index contributed by atoms with van der Waals surface area (Å²) in [6.45, 7) is 6.17. The van der Waals surface area contributed by atoms with Crippen molar-refractivity contribution in [3.05, 3.63) is 24.3 Å². The van der Waals surface area contributed by atoms with Gasteiger partial charge in [0.2, 0.25) is 5.91 Å². The summed E-state index contributed by atoms with van der Waals surface area (Å²) in [7, 11) is 0. The summed E-state index contributed by atoms with van der Waals surface area (Å²) in [6, 6.07) is 7.51. The molecular formula is C15H25Cl2N3O. The summed E-state index contributed by atoms with van der Waals surface area (Å²) < 4.78 is 0. The van der Waals surface area contributed by atoms with Gasteiger partial charge in [-0.25, -0.2) is 0 Å². The number of rotatable bonds is 3. The second-order valence-corrected chi connectivity index (χ2v) is 5.50. The molecular weight excluding hydrogens is 309 g/mol. The fourth-order valence-corrected chi connectivity index (χ4v) is 2.30. The number of anilines is 2. The Morgan fingerprint density at radius 3 is 2.52 bits per heavy atom. The molecule has 4 nitrogen and oxygen atoms in total. The first kappa shape index (κ1) is 20.0. The van der Waals surface area contributed by atoms with Gasteiger partial charge in [0.1, 0.15) is 0 Å². The van der Waals surface area contributed by atoms with Crippen LogP contribution < -0.4 is 16.0 Å². The molecule has 1 fully saturated rings. The van der Waals surface area contributed by atoms with Crippen LogP contribution in [0.2, 0.25) is 0 Å². The third kappa shape index (κ3) is 5.73. The number of carbonyl (C=O) groups is 1. The zero-order chi connectivity index (χ0) is 13.8. The summed E-state index contributed by atoms with van der Waals surface area (Å²) in [5, 5.41) is 2.84. The Kier molecular flexibility index (Phi) is 8.71. The molecule has 0 bridgehead atoms. The summed E-state index contributed by atoms with van der Waals surface area (Å²) in [5.74, 6) is 0.668. The maximum Gasteiger partial charge on any atom is 0.240 e. The number of amides is 1. The van der Waals surface area contributed by atoms with E-state index >= 15 is 0 Å². The van der Waals surface area contributed by atoms with Gasteiger partial charge in [-0.2, -0.15) is 0 Å². The Balaban J connectivity index is 0.00000200. The lowest BCUT2D eigenvalue weighted by atomic mass is 9.99. The van der Waals surface area contributed by atoms with Crippen LogP contribution in [0.25, 0.3) is 0 Å². The molecule has 2 rings (SSSR count). The molecule has 3 N–H and O–H groups in total. The number of halogens is 2. The van der Waals surface area contributed by atoms with Crippen LogP contribution in [0.1, 0.15) is 26.7 Å². The number of carbonyl (C=O) groups excluding carboxylic acids is 1. The van der Waals surface area contributed by atoms with Crippen molar-refractivity contribution in [2.75, 3.05) is 23.3 Å². The Bertz CT molecular complexity index is 446. The van der Waals surface area contributed by atoms with Gasteiger partial charge in [-0.3, -0.25) is 4.79 Å². The van der Waals surface area contributed by atoms with E-state index in [2.05, 4.69) is 23.2 Å². The average molecular weight is 334 g/mol. The molecule has 1 saturated heterocycles. The van der Waals surface area contributed by atoms with Crippen LogP contribution in [-0.2, 0) is 4.79 Å². The fourth-order valence-electron chi connectivity index (χ4n) is 2.30. The molecule has 1 atom stereocenters. The second-order valence-electron chi connectivity index (χ2n) is 5.50. The lowest BCUT2D eigenvalue weighted by Gasteiger charge is -2.32. The maximum absolute atomic E-state index is 11.6. The van der Waals surface area contributed by atoms with Crippen LogP contribution in [0.15, 0.2) is 24.3 Å². The van der Waals surface area contributed by atoms with Gasteiger partial charge in [-0.15, -0.1) is 24.8 Å². The van der Waals surface area contributed by atoms with E-state index < -0.39 is 6.04 Å². The first-order valence-corrected chi connectivity index (χ1v) is 6.97. The molecule has 1 aliphatic rings. The van der Waals surface area contributed by atoms with Crippen LogP contribution in [0.3, 0.4) is 0 Å². The van der Waals surface area contributed by atoms with E-state index in [1.165, 1.54) is 18.5 Å². The average Bonchev–Trinajstić information content (AvgIpc) is 2.39. The molecule has 0 spiro atoms. The highest BCUT2D eigenvalue weighted by molar-refractivity contribution is 5.94. The van der Waals surface area contributed by atoms with Crippen LogP contribution in [0, 0.1) is 5.92 Å². The van der Waals surface area contributed by atoms with Crippen molar-refractivity contribution in [3.8, 4) is 0 Å². The van der Waals surface area contributed by atoms with E-state index in [4.69, 9.17) is 5.73 Å². The van der Waals surface area contributed by atoms with E-state index in [1.54, 1.807) is 6.92 Å². The molecule has 0 aromatic heterocycles. The highest BCUT2D eigenvalue weighted by atomic mass is 35.5. The van der Waals surface area contributed by atoms with Crippen LogP contribution >= 0.6 is 24.8 Å². The van der Waals surface area contributed by atoms with Crippen molar-refractivity contribution < 1.29 is 4.79 Å². The fraction of sp³-hybridized carbons (Fsp3) is 0.533. The Morgan fingerprint density at radius 1 is 1.33 bits per heavy atom. The van der Waals surface area contributed by atoms with Gasteiger partial charge in [0.15, 0.2) is 0 Å². The van der Waals surface area contributed by atoms with E-state index in [-0.39, 0.29) is 30.7 Å². The quantitative estimate of drug-likeness (QED) is 0.893. The third-order valence-corrected chi connectivity index (χ3v) is 3.68. The zero-order valence-corrected chi connectivity index (χ0v) is 14.2. The molecule has 6 heteroatoms. The van der Waals surface area contributed by atoms with Gasteiger partial charge in [-0.1, -0.05) is 13.0 Å². The summed E-state index contributed by atoms with van der Waals surface area (Å²) in [5.41, 5.74) is 7.55. The van der Waals surface area contributed by atoms with Gasteiger partial charge in [-0.05, 0) is 43.9 Å². The first-order valence-electron chi connectivity index (χ1n) is 6.97. The molecule has 120 valence electrons. The summed E-state index contributed by atoms with van der Waals surface area (Å²) in [6.07, 6.45) is 2.47. The second kappa shape index (κ2) is 9.13. The summed E-state index contributed by atoms with van der Waals surface area (Å²) >= 11 is 0. The zero-order valence-electron chi connectivity index (χ0n) is 12.5. The Labute approximate surface area is 139 Å². The highest BCUT2D eigenvalue weighted by Gasteiger charge is 2.16. The molecule has 0 aliphatic carbocycles. The largest absolute Gasteiger partial charge is 0.371 e. The van der Waals surface area contributed by atoms with Crippen molar-refractivity contribution in [2.45, 2.75) is 32.7 Å². The van der Waals surface area contributed by atoms with E-state index in [1.807, 2.05) is 18.2 Å². The molecule has 1 aromatic rings. The van der Waals surface area contributed by atoms with Crippen molar-refractivity contribution in [2.24, 2.45) is 11.7 Å². The number of nitrogens with one attached hydrogen (secondary N) is 1. The Hall–Kier alpha value is -0.970. The standard InChI is InChI=1S/C15H23N3O.2ClH/c1-11-6-8-18(9-7-11)14-5-3-4-13(10-14)17-15(19)12(2)16;;/h3-5,10-12H,6-9,16H2,1-2H3,(H,17,19);2*1H/t12-;;/m1../s1. The molecule has 1 amide bonds. The lowest BCUT2D eigenvalue weighted by molar-refractivity contribution is -0.117. The van der Waals surface area contributed by atoms with Crippen LogP contribution in [0.4, 0.5) is 11.4 Å². The van der Waals surface area contributed by atoms with Crippen molar-refractivity contribution >= 4 is 42.1 Å².